The first-order valence-electron chi connectivity index (χ1n) is 6.30. The van der Waals surface area contributed by atoms with Gasteiger partial charge in [0.05, 0.1) is 5.69 Å². The zero-order chi connectivity index (χ0) is 12.8. The molecule has 0 aliphatic heterocycles. The van der Waals surface area contributed by atoms with E-state index in [-0.39, 0.29) is 0 Å². The van der Waals surface area contributed by atoms with Crippen molar-refractivity contribution in [1.82, 2.24) is 20.2 Å². The lowest BCUT2D eigenvalue weighted by atomic mass is 10.1. The normalized spacial score (nSPS) is 15.0. The van der Waals surface area contributed by atoms with Crippen molar-refractivity contribution in [3.05, 3.63) is 46.7 Å². The Hall–Kier alpha value is -1.75. The SMILES string of the molecule is Brc1ccc(-n2nnnc2C2CC2)c2ccccc12. The van der Waals surface area contributed by atoms with Crippen molar-refractivity contribution in [2.24, 2.45) is 0 Å². The number of aromatic nitrogens is 4. The average Bonchev–Trinajstić information content (AvgIpc) is 3.18. The van der Waals surface area contributed by atoms with Crippen LogP contribution in [0.1, 0.15) is 24.6 Å². The predicted molar refractivity (Wildman–Crippen MR) is 76.3 cm³/mol. The molecule has 1 fully saturated rings. The minimum Gasteiger partial charge on any atom is -0.196 e. The summed E-state index contributed by atoms with van der Waals surface area (Å²) < 4.78 is 2.97. The van der Waals surface area contributed by atoms with Crippen LogP contribution in [0.15, 0.2) is 40.9 Å². The molecule has 0 radical (unpaired) electrons. The summed E-state index contributed by atoms with van der Waals surface area (Å²) in [5, 5.41) is 14.5. The highest BCUT2D eigenvalue weighted by Gasteiger charge is 2.30. The molecule has 5 heteroatoms. The van der Waals surface area contributed by atoms with Crippen molar-refractivity contribution in [1.29, 1.82) is 0 Å². The van der Waals surface area contributed by atoms with E-state index in [4.69, 9.17) is 0 Å². The van der Waals surface area contributed by atoms with Crippen molar-refractivity contribution < 1.29 is 0 Å². The number of nitrogens with zero attached hydrogens (tertiary/aromatic N) is 4. The first-order valence-corrected chi connectivity index (χ1v) is 7.10. The van der Waals surface area contributed by atoms with Crippen LogP contribution in [0.25, 0.3) is 16.5 Å². The Labute approximate surface area is 118 Å². The van der Waals surface area contributed by atoms with Crippen LogP contribution in [-0.2, 0) is 0 Å². The number of tetrazole rings is 1. The number of halogens is 1. The van der Waals surface area contributed by atoms with Gasteiger partial charge in [-0.3, -0.25) is 0 Å². The van der Waals surface area contributed by atoms with Gasteiger partial charge in [-0.15, -0.1) is 5.10 Å². The van der Waals surface area contributed by atoms with E-state index < -0.39 is 0 Å². The van der Waals surface area contributed by atoms with Crippen LogP contribution in [0.5, 0.6) is 0 Å². The Morgan fingerprint density at radius 3 is 2.63 bits per heavy atom. The Balaban J connectivity index is 2.00. The van der Waals surface area contributed by atoms with Crippen molar-refractivity contribution in [2.75, 3.05) is 0 Å². The molecule has 0 amide bonds. The van der Waals surface area contributed by atoms with Gasteiger partial charge in [0.25, 0.3) is 0 Å². The molecule has 0 unspecified atom stereocenters. The van der Waals surface area contributed by atoms with Crippen LogP contribution in [-0.4, -0.2) is 20.2 Å². The van der Waals surface area contributed by atoms with E-state index in [1.807, 2.05) is 16.8 Å². The third-order valence-corrected chi connectivity index (χ3v) is 4.20. The highest BCUT2D eigenvalue weighted by atomic mass is 79.9. The van der Waals surface area contributed by atoms with Gasteiger partial charge in [0.1, 0.15) is 0 Å². The second-order valence-corrected chi connectivity index (χ2v) is 5.69. The summed E-state index contributed by atoms with van der Waals surface area (Å²) in [6.45, 7) is 0. The lowest BCUT2D eigenvalue weighted by molar-refractivity contribution is 0.767. The fourth-order valence-electron chi connectivity index (χ4n) is 2.39. The maximum Gasteiger partial charge on any atom is 0.159 e. The molecule has 4 rings (SSSR count). The largest absolute Gasteiger partial charge is 0.196 e. The standard InChI is InChI=1S/C14H11BrN4/c15-12-7-8-13(11-4-2-1-3-10(11)12)19-14(9-5-6-9)16-17-18-19/h1-4,7-9H,5-6H2. The van der Waals surface area contributed by atoms with Crippen molar-refractivity contribution in [3.8, 4) is 5.69 Å². The third-order valence-electron chi connectivity index (χ3n) is 3.51. The molecular formula is C14H11BrN4. The van der Waals surface area contributed by atoms with Gasteiger partial charge < -0.3 is 0 Å². The zero-order valence-corrected chi connectivity index (χ0v) is 11.7. The fraction of sp³-hybridized carbons (Fsp3) is 0.214. The molecule has 0 saturated heterocycles. The molecule has 1 saturated carbocycles. The molecule has 2 aromatic carbocycles. The van der Waals surface area contributed by atoms with Crippen molar-refractivity contribution in [3.63, 3.8) is 0 Å². The van der Waals surface area contributed by atoms with Gasteiger partial charge in [-0.2, -0.15) is 4.68 Å². The van der Waals surface area contributed by atoms with Crippen LogP contribution >= 0.6 is 15.9 Å². The molecule has 1 aliphatic carbocycles. The minimum atomic E-state index is 0.525. The van der Waals surface area contributed by atoms with E-state index in [9.17, 15) is 0 Å². The fourth-order valence-corrected chi connectivity index (χ4v) is 2.87. The first-order chi connectivity index (χ1) is 9.34. The van der Waals surface area contributed by atoms with E-state index in [2.05, 4.69) is 55.7 Å². The molecule has 3 aromatic rings. The summed E-state index contributed by atoms with van der Waals surface area (Å²) in [5.74, 6) is 1.50. The summed E-state index contributed by atoms with van der Waals surface area (Å²) in [6, 6.07) is 12.4. The van der Waals surface area contributed by atoms with Crippen LogP contribution < -0.4 is 0 Å². The van der Waals surface area contributed by atoms with Crippen LogP contribution in [0, 0.1) is 0 Å². The maximum atomic E-state index is 4.17. The summed E-state index contributed by atoms with van der Waals surface area (Å²) >= 11 is 3.59. The molecule has 94 valence electrons. The van der Waals surface area contributed by atoms with E-state index in [1.54, 1.807) is 0 Å². The van der Waals surface area contributed by atoms with Gasteiger partial charge in [-0.1, -0.05) is 40.2 Å². The summed E-state index contributed by atoms with van der Waals surface area (Å²) in [4.78, 5) is 0. The molecule has 1 heterocycles. The monoisotopic (exact) mass is 314 g/mol. The van der Waals surface area contributed by atoms with Gasteiger partial charge in [-0.05, 0) is 40.8 Å². The first kappa shape index (κ1) is 11.1. The topological polar surface area (TPSA) is 43.6 Å². The summed E-state index contributed by atoms with van der Waals surface area (Å²) in [7, 11) is 0. The molecule has 0 bridgehead atoms. The van der Waals surface area contributed by atoms with E-state index >= 15 is 0 Å². The highest BCUT2D eigenvalue weighted by molar-refractivity contribution is 9.10. The van der Waals surface area contributed by atoms with Gasteiger partial charge in [0.15, 0.2) is 5.82 Å². The van der Waals surface area contributed by atoms with Gasteiger partial charge in [0.2, 0.25) is 0 Å². The van der Waals surface area contributed by atoms with Crippen LogP contribution in [0.3, 0.4) is 0 Å². The van der Waals surface area contributed by atoms with Gasteiger partial charge >= 0.3 is 0 Å². The highest BCUT2D eigenvalue weighted by Crippen LogP contribution is 2.40. The average molecular weight is 315 g/mol. The number of benzene rings is 2. The lowest BCUT2D eigenvalue weighted by Gasteiger charge is -2.09. The number of hydrogen-bond acceptors (Lipinski definition) is 3. The molecule has 0 spiro atoms. The number of rotatable bonds is 2. The number of hydrogen-bond donors (Lipinski definition) is 0. The second-order valence-electron chi connectivity index (χ2n) is 4.84. The van der Waals surface area contributed by atoms with Gasteiger partial charge in [0, 0.05) is 15.8 Å². The van der Waals surface area contributed by atoms with E-state index in [1.165, 1.54) is 18.2 Å². The zero-order valence-electron chi connectivity index (χ0n) is 10.1. The van der Waals surface area contributed by atoms with Crippen molar-refractivity contribution in [2.45, 2.75) is 18.8 Å². The smallest absolute Gasteiger partial charge is 0.159 e. The molecule has 0 N–H and O–H groups in total. The second kappa shape index (κ2) is 4.13. The van der Waals surface area contributed by atoms with Crippen LogP contribution in [0.2, 0.25) is 0 Å². The third kappa shape index (κ3) is 1.76. The summed E-state index contributed by atoms with van der Waals surface area (Å²) in [5.41, 5.74) is 1.05. The van der Waals surface area contributed by atoms with Crippen LogP contribution in [0.4, 0.5) is 0 Å². The number of fused-ring (bicyclic) bond motifs is 1. The Morgan fingerprint density at radius 1 is 1.05 bits per heavy atom. The molecule has 0 atom stereocenters. The Bertz CT molecular complexity index is 761. The lowest BCUT2D eigenvalue weighted by Crippen LogP contribution is -2.03. The summed E-state index contributed by atoms with van der Waals surface area (Å²) in [6.07, 6.45) is 2.38. The molecular weight excluding hydrogens is 304 g/mol. The Morgan fingerprint density at radius 2 is 1.84 bits per heavy atom. The van der Waals surface area contributed by atoms with Gasteiger partial charge in [-0.25, -0.2) is 0 Å². The predicted octanol–water partition coefficient (Wildman–Crippen LogP) is 3.46. The van der Waals surface area contributed by atoms with E-state index in [0.29, 0.717) is 5.92 Å². The Kier molecular flexibility index (Phi) is 2.41. The minimum absolute atomic E-state index is 0.525. The maximum absolute atomic E-state index is 4.17. The van der Waals surface area contributed by atoms with Crippen molar-refractivity contribution >= 4 is 26.7 Å². The molecule has 19 heavy (non-hydrogen) atoms. The quantitative estimate of drug-likeness (QED) is 0.727. The van der Waals surface area contributed by atoms with E-state index in [0.717, 1.165) is 21.4 Å². The molecule has 1 aromatic heterocycles. The molecule has 4 nitrogen and oxygen atoms in total. The molecule has 1 aliphatic rings.